The molecule has 1 aromatic carbocycles. The summed E-state index contributed by atoms with van der Waals surface area (Å²) >= 11 is 0. The molecule has 0 radical (unpaired) electrons. The fraction of sp³-hybridized carbons (Fsp3) is 0.500. The lowest BCUT2D eigenvalue weighted by molar-refractivity contribution is 0.167. The summed E-state index contributed by atoms with van der Waals surface area (Å²) in [6.45, 7) is 3.77. The smallest absolute Gasteiger partial charge is 0.146 e. The molecule has 4 heteroatoms. The maximum atomic E-state index is 12.9. The molecule has 90 valence electrons. The van der Waals surface area contributed by atoms with Crippen molar-refractivity contribution in [3.8, 4) is 0 Å². The normalized spacial score (nSPS) is 12.7. The number of hydrogen-bond donors (Lipinski definition) is 3. The van der Waals surface area contributed by atoms with Crippen LogP contribution < -0.4 is 11.1 Å². The van der Waals surface area contributed by atoms with Crippen LogP contribution in [-0.4, -0.2) is 18.2 Å². The molecule has 0 aliphatic carbocycles. The lowest BCUT2D eigenvalue weighted by Crippen LogP contribution is -2.18. The molecule has 0 fully saturated rings. The van der Waals surface area contributed by atoms with Gasteiger partial charge >= 0.3 is 0 Å². The predicted molar refractivity (Wildman–Crippen MR) is 63.5 cm³/mol. The zero-order valence-electron chi connectivity index (χ0n) is 9.54. The molecule has 1 unspecified atom stereocenters. The monoisotopic (exact) mass is 226 g/mol. The van der Waals surface area contributed by atoms with E-state index in [1.54, 1.807) is 6.07 Å². The third kappa shape index (κ3) is 3.79. The molecule has 0 bridgehead atoms. The van der Waals surface area contributed by atoms with Gasteiger partial charge in [-0.05, 0) is 43.6 Å². The summed E-state index contributed by atoms with van der Waals surface area (Å²) in [6, 6.07) is 4.34. The highest BCUT2D eigenvalue weighted by Gasteiger charge is 2.08. The molecule has 0 aliphatic heterocycles. The van der Waals surface area contributed by atoms with Gasteiger partial charge in [0.25, 0.3) is 0 Å². The Bertz CT molecular complexity index is 331. The van der Waals surface area contributed by atoms with Crippen molar-refractivity contribution >= 4 is 5.69 Å². The molecule has 3 nitrogen and oxygen atoms in total. The highest BCUT2D eigenvalue weighted by atomic mass is 19.1. The van der Waals surface area contributed by atoms with E-state index in [1.807, 2.05) is 0 Å². The van der Waals surface area contributed by atoms with Crippen molar-refractivity contribution < 1.29 is 9.50 Å². The van der Waals surface area contributed by atoms with Gasteiger partial charge in [-0.15, -0.1) is 0 Å². The molecule has 1 atom stereocenters. The number of aliphatic hydroxyl groups excluding tert-OH is 1. The molecule has 16 heavy (non-hydrogen) atoms. The highest BCUT2D eigenvalue weighted by Crippen LogP contribution is 2.20. The Balaban J connectivity index is 2.46. The Morgan fingerprint density at radius 1 is 1.44 bits per heavy atom. The minimum atomic E-state index is -0.591. The Morgan fingerprint density at radius 3 is 2.81 bits per heavy atom. The van der Waals surface area contributed by atoms with Gasteiger partial charge in [-0.1, -0.05) is 13.0 Å². The van der Waals surface area contributed by atoms with Crippen LogP contribution in [0.3, 0.4) is 0 Å². The second-order valence-electron chi connectivity index (χ2n) is 3.84. The molecule has 1 rings (SSSR count). The Morgan fingerprint density at radius 2 is 2.19 bits per heavy atom. The summed E-state index contributed by atoms with van der Waals surface area (Å²) in [5.74, 6) is -0.444. The Kier molecular flexibility index (Phi) is 5.22. The van der Waals surface area contributed by atoms with E-state index in [2.05, 4.69) is 12.2 Å². The molecule has 0 aromatic heterocycles. The third-order valence-corrected chi connectivity index (χ3v) is 2.43. The number of rotatable bonds is 6. The molecular weight excluding hydrogens is 207 g/mol. The topological polar surface area (TPSA) is 58.3 Å². The van der Waals surface area contributed by atoms with Crippen LogP contribution in [0.4, 0.5) is 10.1 Å². The van der Waals surface area contributed by atoms with Gasteiger partial charge in [-0.2, -0.15) is 0 Å². The van der Waals surface area contributed by atoms with Crippen LogP contribution in [0.5, 0.6) is 0 Å². The van der Waals surface area contributed by atoms with Crippen molar-refractivity contribution in [3.05, 3.63) is 29.6 Å². The number of anilines is 1. The molecular formula is C12H19FN2O. The van der Waals surface area contributed by atoms with Crippen molar-refractivity contribution in [1.29, 1.82) is 0 Å². The Labute approximate surface area is 95.5 Å². The molecule has 0 saturated carbocycles. The largest absolute Gasteiger partial charge is 0.396 e. The maximum Gasteiger partial charge on any atom is 0.146 e. The number of nitrogen functional groups attached to an aromatic ring is 1. The fourth-order valence-corrected chi connectivity index (χ4v) is 1.48. The van der Waals surface area contributed by atoms with Crippen LogP contribution in [0.2, 0.25) is 0 Å². The number of halogens is 1. The summed E-state index contributed by atoms with van der Waals surface area (Å²) in [5.41, 5.74) is 6.18. The van der Waals surface area contributed by atoms with Crippen LogP contribution in [0.25, 0.3) is 0 Å². The van der Waals surface area contributed by atoms with Crippen molar-refractivity contribution in [2.24, 2.45) is 0 Å². The standard InChI is InChI=1S/C12H19FN2O/c1-2-6-15-7-5-12(16)9-3-4-10(13)11(14)8-9/h3-4,8,12,15-16H,2,5-7,14H2,1H3. The predicted octanol–water partition coefficient (Wildman–Crippen LogP) is 1.83. The fourth-order valence-electron chi connectivity index (χ4n) is 1.48. The van der Waals surface area contributed by atoms with E-state index < -0.39 is 11.9 Å². The number of aliphatic hydroxyl groups is 1. The summed E-state index contributed by atoms with van der Waals surface area (Å²) < 4.78 is 12.9. The first kappa shape index (κ1) is 12.9. The zero-order valence-corrected chi connectivity index (χ0v) is 9.54. The molecule has 0 saturated heterocycles. The van der Waals surface area contributed by atoms with Gasteiger partial charge in [0, 0.05) is 0 Å². The second-order valence-corrected chi connectivity index (χ2v) is 3.84. The van der Waals surface area contributed by atoms with Gasteiger partial charge in [-0.3, -0.25) is 0 Å². The molecule has 1 aromatic rings. The van der Waals surface area contributed by atoms with Crippen LogP contribution in [0.15, 0.2) is 18.2 Å². The van der Waals surface area contributed by atoms with Gasteiger partial charge in [0.05, 0.1) is 11.8 Å². The number of hydrogen-bond acceptors (Lipinski definition) is 3. The summed E-state index contributed by atoms with van der Waals surface area (Å²) in [5, 5.41) is 13.0. The first-order chi connectivity index (χ1) is 7.65. The summed E-state index contributed by atoms with van der Waals surface area (Å²) in [4.78, 5) is 0. The van der Waals surface area contributed by atoms with E-state index in [9.17, 15) is 9.50 Å². The maximum absolute atomic E-state index is 12.9. The zero-order chi connectivity index (χ0) is 12.0. The number of nitrogens with one attached hydrogen (secondary N) is 1. The van der Waals surface area contributed by atoms with Crippen LogP contribution in [0, 0.1) is 5.82 Å². The van der Waals surface area contributed by atoms with Gasteiger partial charge in [0.15, 0.2) is 0 Å². The van der Waals surface area contributed by atoms with Crippen LogP contribution >= 0.6 is 0 Å². The van der Waals surface area contributed by atoms with E-state index in [0.717, 1.165) is 19.5 Å². The summed E-state index contributed by atoms with van der Waals surface area (Å²) in [6.07, 6.45) is 1.08. The molecule has 0 amide bonds. The minimum absolute atomic E-state index is 0.0815. The lowest BCUT2D eigenvalue weighted by atomic mass is 10.1. The third-order valence-electron chi connectivity index (χ3n) is 2.43. The average Bonchev–Trinajstić information content (AvgIpc) is 2.28. The molecule has 0 aliphatic rings. The van der Waals surface area contributed by atoms with Crippen molar-refractivity contribution in [1.82, 2.24) is 5.32 Å². The summed E-state index contributed by atoms with van der Waals surface area (Å²) in [7, 11) is 0. The Hall–Kier alpha value is -1.13. The van der Waals surface area contributed by atoms with Crippen molar-refractivity contribution in [2.45, 2.75) is 25.9 Å². The van der Waals surface area contributed by atoms with Gasteiger partial charge < -0.3 is 16.2 Å². The van der Waals surface area contributed by atoms with Gasteiger partial charge in [-0.25, -0.2) is 4.39 Å². The van der Waals surface area contributed by atoms with E-state index in [4.69, 9.17) is 5.73 Å². The molecule has 0 heterocycles. The van der Waals surface area contributed by atoms with E-state index in [0.29, 0.717) is 12.0 Å². The lowest BCUT2D eigenvalue weighted by Gasteiger charge is -2.12. The minimum Gasteiger partial charge on any atom is -0.396 e. The van der Waals surface area contributed by atoms with Crippen molar-refractivity contribution in [2.75, 3.05) is 18.8 Å². The molecule has 0 spiro atoms. The SMILES string of the molecule is CCCNCCC(O)c1ccc(F)c(N)c1. The van der Waals surface area contributed by atoms with Gasteiger partial charge in [0.2, 0.25) is 0 Å². The highest BCUT2D eigenvalue weighted by molar-refractivity contribution is 5.43. The van der Waals surface area contributed by atoms with Crippen LogP contribution in [-0.2, 0) is 0 Å². The molecule has 4 N–H and O–H groups in total. The van der Waals surface area contributed by atoms with E-state index in [-0.39, 0.29) is 5.69 Å². The second kappa shape index (κ2) is 6.45. The average molecular weight is 226 g/mol. The van der Waals surface area contributed by atoms with Crippen molar-refractivity contribution in [3.63, 3.8) is 0 Å². The number of benzene rings is 1. The van der Waals surface area contributed by atoms with Gasteiger partial charge in [0.1, 0.15) is 5.82 Å². The first-order valence-corrected chi connectivity index (χ1v) is 5.59. The van der Waals surface area contributed by atoms with Crippen LogP contribution in [0.1, 0.15) is 31.4 Å². The van der Waals surface area contributed by atoms with E-state index in [1.165, 1.54) is 12.1 Å². The first-order valence-electron chi connectivity index (χ1n) is 5.59. The quantitative estimate of drug-likeness (QED) is 0.512. The number of nitrogens with two attached hydrogens (primary N) is 1. The van der Waals surface area contributed by atoms with E-state index >= 15 is 0 Å².